The average molecular weight is 341 g/mol. The molecule has 0 saturated carbocycles. The van der Waals surface area contributed by atoms with Crippen LogP contribution >= 0.6 is 11.3 Å². The third kappa shape index (κ3) is 3.99. The van der Waals surface area contributed by atoms with Crippen molar-refractivity contribution in [1.29, 1.82) is 0 Å². The molecule has 0 aliphatic rings. The second kappa shape index (κ2) is 7.27. The third-order valence-corrected chi connectivity index (χ3v) is 4.31. The Balaban J connectivity index is 1.53. The van der Waals surface area contributed by atoms with Crippen LogP contribution in [0.4, 0.5) is 10.5 Å². The number of thiazole rings is 1. The van der Waals surface area contributed by atoms with E-state index in [0.717, 1.165) is 28.4 Å². The smallest absolute Gasteiger partial charge is 0.319 e. The molecule has 0 spiro atoms. The zero-order valence-electron chi connectivity index (χ0n) is 13.6. The van der Waals surface area contributed by atoms with Gasteiger partial charge in [-0.05, 0) is 19.4 Å². The van der Waals surface area contributed by atoms with Crippen LogP contribution in [0.25, 0.3) is 11.3 Å². The van der Waals surface area contributed by atoms with E-state index < -0.39 is 0 Å². The number of aryl methyl sites for hydroxylation is 2. The van der Waals surface area contributed by atoms with E-state index >= 15 is 0 Å². The van der Waals surface area contributed by atoms with Crippen LogP contribution in [0.1, 0.15) is 17.5 Å². The van der Waals surface area contributed by atoms with Crippen LogP contribution in [0.2, 0.25) is 0 Å². The minimum Gasteiger partial charge on any atom is -0.334 e. The molecule has 7 heteroatoms. The zero-order chi connectivity index (χ0) is 16.9. The number of benzene rings is 1. The highest BCUT2D eigenvalue weighted by atomic mass is 32.1. The van der Waals surface area contributed by atoms with Crippen LogP contribution in [-0.2, 0) is 13.1 Å². The van der Waals surface area contributed by atoms with Gasteiger partial charge < -0.3 is 10.6 Å². The van der Waals surface area contributed by atoms with Gasteiger partial charge in [-0.25, -0.2) is 9.78 Å². The Morgan fingerprint density at radius 3 is 2.71 bits per heavy atom. The van der Waals surface area contributed by atoms with Crippen LogP contribution in [0.3, 0.4) is 0 Å². The molecule has 1 aromatic carbocycles. The van der Waals surface area contributed by atoms with Crippen molar-refractivity contribution in [2.24, 2.45) is 0 Å². The Hall–Kier alpha value is -2.67. The molecule has 2 aromatic heterocycles. The van der Waals surface area contributed by atoms with Gasteiger partial charge in [0, 0.05) is 30.2 Å². The predicted molar refractivity (Wildman–Crippen MR) is 96.0 cm³/mol. The van der Waals surface area contributed by atoms with Gasteiger partial charge in [0.05, 0.1) is 22.6 Å². The van der Waals surface area contributed by atoms with E-state index in [1.165, 1.54) is 0 Å². The van der Waals surface area contributed by atoms with E-state index in [1.54, 1.807) is 28.4 Å². The number of carbonyl (C=O) groups excluding carboxylic acids is 1. The fourth-order valence-corrected chi connectivity index (χ4v) is 2.87. The van der Waals surface area contributed by atoms with E-state index in [0.29, 0.717) is 12.2 Å². The van der Waals surface area contributed by atoms with E-state index in [4.69, 9.17) is 0 Å². The molecule has 3 aromatic rings. The number of hydrogen-bond acceptors (Lipinski definition) is 4. The van der Waals surface area contributed by atoms with Gasteiger partial charge in [0.2, 0.25) is 0 Å². The highest BCUT2D eigenvalue weighted by Crippen LogP contribution is 2.21. The number of amides is 2. The zero-order valence-corrected chi connectivity index (χ0v) is 14.4. The molecule has 0 unspecified atom stereocenters. The summed E-state index contributed by atoms with van der Waals surface area (Å²) in [6.07, 6.45) is 3.43. The summed E-state index contributed by atoms with van der Waals surface area (Å²) in [7, 11) is 0. The molecule has 0 bridgehead atoms. The first-order chi connectivity index (χ1) is 11.6. The van der Waals surface area contributed by atoms with Crippen molar-refractivity contribution >= 4 is 23.1 Å². The Kier molecular flexibility index (Phi) is 4.90. The summed E-state index contributed by atoms with van der Waals surface area (Å²) in [5, 5.41) is 12.8. The fourth-order valence-electron chi connectivity index (χ4n) is 2.25. The Morgan fingerprint density at radius 1 is 1.29 bits per heavy atom. The molecule has 2 heterocycles. The molecule has 6 nitrogen and oxygen atoms in total. The topological polar surface area (TPSA) is 71.8 Å². The van der Waals surface area contributed by atoms with Gasteiger partial charge in [0.15, 0.2) is 0 Å². The van der Waals surface area contributed by atoms with Crippen LogP contribution < -0.4 is 10.6 Å². The Bertz CT molecular complexity index is 822. The number of hydrogen-bond donors (Lipinski definition) is 2. The molecular weight excluding hydrogens is 322 g/mol. The quantitative estimate of drug-likeness (QED) is 0.744. The lowest BCUT2D eigenvalue weighted by molar-refractivity contribution is 0.251. The number of urea groups is 1. The maximum absolute atomic E-state index is 11.9. The number of anilines is 1. The molecule has 2 N–H and O–H groups in total. The van der Waals surface area contributed by atoms with Crippen molar-refractivity contribution in [3.63, 3.8) is 0 Å². The largest absolute Gasteiger partial charge is 0.334 e. The second-order valence-corrected chi connectivity index (χ2v) is 6.40. The minimum atomic E-state index is -0.246. The summed E-state index contributed by atoms with van der Waals surface area (Å²) >= 11 is 1.64. The van der Waals surface area contributed by atoms with Gasteiger partial charge in [-0.15, -0.1) is 11.3 Å². The molecule has 0 aliphatic carbocycles. The van der Waals surface area contributed by atoms with Crippen LogP contribution in [0, 0.1) is 6.92 Å². The van der Waals surface area contributed by atoms with E-state index in [9.17, 15) is 4.79 Å². The minimum absolute atomic E-state index is 0.246. The lowest BCUT2D eigenvalue weighted by Crippen LogP contribution is -2.27. The average Bonchev–Trinajstić information content (AvgIpc) is 3.22. The SMILES string of the molecule is CCn1cc(NC(=O)NCc2ccc(-c3csc(C)n3)cc2)cn1. The Labute approximate surface area is 144 Å². The molecule has 124 valence electrons. The van der Waals surface area contributed by atoms with E-state index in [1.807, 2.05) is 43.5 Å². The summed E-state index contributed by atoms with van der Waals surface area (Å²) in [5.74, 6) is 0. The van der Waals surface area contributed by atoms with Gasteiger partial charge in [-0.3, -0.25) is 4.68 Å². The summed E-state index contributed by atoms with van der Waals surface area (Å²) in [6, 6.07) is 7.80. The van der Waals surface area contributed by atoms with Gasteiger partial charge in [0.1, 0.15) is 0 Å². The second-order valence-electron chi connectivity index (χ2n) is 5.34. The first-order valence-corrected chi connectivity index (χ1v) is 8.61. The third-order valence-electron chi connectivity index (χ3n) is 3.54. The Morgan fingerprint density at radius 2 is 2.08 bits per heavy atom. The van der Waals surface area contributed by atoms with Crippen molar-refractivity contribution in [2.75, 3.05) is 5.32 Å². The highest BCUT2D eigenvalue weighted by Gasteiger charge is 2.05. The van der Waals surface area contributed by atoms with Gasteiger partial charge in [-0.1, -0.05) is 24.3 Å². The lowest BCUT2D eigenvalue weighted by atomic mass is 10.1. The predicted octanol–water partition coefficient (Wildman–Crippen LogP) is 3.66. The molecule has 0 saturated heterocycles. The van der Waals surface area contributed by atoms with Crippen molar-refractivity contribution < 1.29 is 4.79 Å². The summed E-state index contributed by atoms with van der Waals surface area (Å²) in [4.78, 5) is 16.4. The monoisotopic (exact) mass is 341 g/mol. The standard InChI is InChI=1S/C17H19N5OS/c1-3-22-10-15(9-19-22)21-17(23)18-8-13-4-6-14(7-5-13)16-11-24-12(2)20-16/h4-7,9-11H,3,8H2,1-2H3,(H2,18,21,23). The van der Waals surface area contributed by atoms with Gasteiger partial charge in [0.25, 0.3) is 0 Å². The molecular formula is C17H19N5OS. The van der Waals surface area contributed by atoms with Crippen molar-refractivity contribution in [1.82, 2.24) is 20.1 Å². The van der Waals surface area contributed by atoms with Crippen LogP contribution in [-0.4, -0.2) is 20.8 Å². The molecule has 24 heavy (non-hydrogen) atoms. The summed E-state index contributed by atoms with van der Waals surface area (Å²) < 4.78 is 1.76. The molecule has 2 amide bonds. The number of aromatic nitrogens is 3. The molecule has 3 rings (SSSR count). The van der Waals surface area contributed by atoms with Gasteiger partial charge in [-0.2, -0.15) is 5.10 Å². The van der Waals surface area contributed by atoms with Gasteiger partial charge >= 0.3 is 6.03 Å². The van der Waals surface area contributed by atoms with Crippen molar-refractivity contribution in [3.05, 3.63) is 52.6 Å². The number of nitrogens with one attached hydrogen (secondary N) is 2. The normalized spacial score (nSPS) is 10.6. The first-order valence-electron chi connectivity index (χ1n) is 7.73. The van der Waals surface area contributed by atoms with Crippen LogP contribution in [0.5, 0.6) is 0 Å². The van der Waals surface area contributed by atoms with E-state index in [2.05, 4.69) is 20.7 Å². The maximum atomic E-state index is 11.9. The van der Waals surface area contributed by atoms with Crippen molar-refractivity contribution in [2.45, 2.75) is 26.9 Å². The van der Waals surface area contributed by atoms with Crippen molar-refractivity contribution in [3.8, 4) is 11.3 Å². The number of carbonyl (C=O) groups is 1. The first kappa shape index (κ1) is 16.2. The summed E-state index contributed by atoms with van der Waals surface area (Å²) in [5.41, 5.74) is 3.79. The fraction of sp³-hybridized carbons (Fsp3) is 0.235. The summed E-state index contributed by atoms with van der Waals surface area (Å²) in [6.45, 7) is 5.22. The number of rotatable bonds is 5. The molecule has 0 atom stereocenters. The number of nitrogens with zero attached hydrogens (tertiary/aromatic N) is 3. The highest BCUT2D eigenvalue weighted by molar-refractivity contribution is 7.09. The van der Waals surface area contributed by atoms with Crippen LogP contribution in [0.15, 0.2) is 42.0 Å². The van der Waals surface area contributed by atoms with E-state index in [-0.39, 0.29) is 6.03 Å². The molecule has 0 aliphatic heterocycles. The maximum Gasteiger partial charge on any atom is 0.319 e. The molecule has 0 fully saturated rings. The lowest BCUT2D eigenvalue weighted by Gasteiger charge is -2.06. The molecule has 0 radical (unpaired) electrons.